The topological polar surface area (TPSA) is 119 Å². The third-order valence-corrected chi connectivity index (χ3v) is 2.53. The molecule has 0 aromatic heterocycles. The number of carbonyl (C=O) groups is 3. The molecule has 0 saturated carbocycles. The number of hydrogen-bond acceptors (Lipinski definition) is 8. The zero-order valence-corrected chi connectivity index (χ0v) is 12.6. The Kier molecular flexibility index (Phi) is 9.21. The molecule has 0 spiro atoms. The average molecular weight is 328 g/mol. The second-order valence-electron chi connectivity index (χ2n) is 4.23. The summed E-state index contributed by atoms with van der Waals surface area (Å²) < 4.78 is 14.2. The number of rotatable bonds is 11. The van der Waals surface area contributed by atoms with Crippen molar-refractivity contribution in [2.45, 2.75) is 31.3 Å². The summed E-state index contributed by atoms with van der Waals surface area (Å²) in [6.45, 7) is 9.37. The van der Waals surface area contributed by atoms with Crippen molar-refractivity contribution in [2.75, 3.05) is 6.61 Å². The summed E-state index contributed by atoms with van der Waals surface area (Å²) >= 11 is 0. The fourth-order valence-electron chi connectivity index (χ4n) is 1.47. The van der Waals surface area contributed by atoms with Gasteiger partial charge in [0.25, 0.3) is 0 Å². The van der Waals surface area contributed by atoms with Crippen molar-refractivity contribution in [1.82, 2.24) is 0 Å². The molecule has 0 heterocycles. The van der Waals surface area contributed by atoms with Crippen LogP contribution in [0.15, 0.2) is 38.0 Å². The molecule has 1 unspecified atom stereocenters. The molecular weight excluding hydrogens is 308 g/mol. The lowest BCUT2D eigenvalue weighted by Crippen LogP contribution is -2.51. The Morgan fingerprint density at radius 3 is 1.83 bits per heavy atom. The lowest BCUT2D eigenvalue weighted by molar-refractivity contribution is -0.358. The second kappa shape index (κ2) is 10.3. The summed E-state index contributed by atoms with van der Waals surface area (Å²) in [5.74, 6) is -6.01. The van der Waals surface area contributed by atoms with Crippen LogP contribution in [0.4, 0.5) is 0 Å². The van der Waals surface area contributed by atoms with Crippen molar-refractivity contribution in [3.8, 4) is 0 Å². The summed E-state index contributed by atoms with van der Waals surface area (Å²) in [5, 5.41) is 19.2. The van der Waals surface area contributed by atoms with Crippen LogP contribution in [0.2, 0.25) is 0 Å². The first-order valence-corrected chi connectivity index (χ1v) is 6.70. The second-order valence-corrected chi connectivity index (χ2v) is 4.23. The molecule has 0 aliphatic carbocycles. The van der Waals surface area contributed by atoms with Gasteiger partial charge >= 0.3 is 23.9 Å². The Balaban J connectivity index is 5.44. The van der Waals surface area contributed by atoms with Crippen LogP contribution in [0.3, 0.4) is 0 Å². The fraction of sp³-hybridized carbons (Fsp3) is 0.400. The Hall–Kier alpha value is -2.45. The molecule has 0 aliphatic rings. The highest BCUT2D eigenvalue weighted by Gasteiger charge is 2.47. The molecule has 0 amide bonds. The zero-order valence-electron chi connectivity index (χ0n) is 12.6. The first-order valence-electron chi connectivity index (χ1n) is 6.70. The Labute approximate surface area is 133 Å². The van der Waals surface area contributed by atoms with Gasteiger partial charge in [-0.2, -0.15) is 0 Å². The maximum atomic E-state index is 11.4. The quantitative estimate of drug-likeness (QED) is 0.241. The SMILES string of the molecule is C=CC(=O)OC(CCCCO)C(O)(OC(=O)C=C)OC(=O)C=C. The molecule has 0 radical (unpaired) electrons. The first kappa shape index (κ1) is 20.6. The third-order valence-electron chi connectivity index (χ3n) is 2.53. The van der Waals surface area contributed by atoms with E-state index in [-0.39, 0.29) is 19.4 Å². The van der Waals surface area contributed by atoms with Gasteiger partial charge in [-0.05, 0) is 19.3 Å². The van der Waals surface area contributed by atoms with Gasteiger partial charge in [0, 0.05) is 24.8 Å². The summed E-state index contributed by atoms with van der Waals surface area (Å²) in [6.07, 6.45) is 1.29. The minimum atomic E-state index is -2.87. The van der Waals surface area contributed by atoms with E-state index in [0.717, 1.165) is 18.2 Å². The van der Waals surface area contributed by atoms with Gasteiger partial charge in [0.1, 0.15) is 0 Å². The first-order chi connectivity index (χ1) is 10.8. The minimum Gasteiger partial charge on any atom is -0.448 e. The Morgan fingerprint density at radius 2 is 1.43 bits per heavy atom. The lowest BCUT2D eigenvalue weighted by atomic mass is 10.1. The smallest absolute Gasteiger partial charge is 0.413 e. The van der Waals surface area contributed by atoms with Crippen molar-refractivity contribution < 1.29 is 38.8 Å². The summed E-state index contributed by atoms with van der Waals surface area (Å²) in [7, 11) is 0. The van der Waals surface area contributed by atoms with Gasteiger partial charge in [0.15, 0.2) is 0 Å². The molecule has 23 heavy (non-hydrogen) atoms. The van der Waals surface area contributed by atoms with E-state index >= 15 is 0 Å². The van der Waals surface area contributed by atoms with Crippen LogP contribution in [0.5, 0.6) is 0 Å². The molecule has 0 fully saturated rings. The number of ether oxygens (including phenoxy) is 3. The standard InChI is InChI=1S/C15H20O8/c1-4-12(17)21-11(9-7-8-10-16)15(20,22-13(18)5-2)23-14(19)6-3/h4-6,11,16,20H,1-3,7-10H2. The van der Waals surface area contributed by atoms with Gasteiger partial charge in [-0.1, -0.05) is 19.7 Å². The van der Waals surface area contributed by atoms with E-state index in [9.17, 15) is 19.5 Å². The summed E-state index contributed by atoms with van der Waals surface area (Å²) in [6, 6.07) is 0. The normalized spacial score (nSPS) is 11.7. The molecule has 8 nitrogen and oxygen atoms in total. The highest BCUT2D eigenvalue weighted by molar-refractivity contribution is 5.84. The van der Waals surface area contributed by atoms with Gasteiger partial charge in [-0.25, -0.2) is 14.4 Å². The molecule has 128 valence electrons. The van der Waals surface area contributed by atoms with Crippen molar-refractivity contribution in [3.05, 3.63) is 38.0 Å². The van der Waals surface area contributed by atoms with Crippen molar-refractivity contribution in [3.63, 3.8) is 0 Å². The van der Waals surface area contributed by atoms with Gasteiger partial charge in [-0.15, -0.1) is 0 Å². The molecule has 0 rings (SSSR count). The largest absolute Gasteiger partial charge is 0.448 e. The molecule has 1 atom stereocenters. The van der Waals surface area contributed by atoms with Gasteiger partial charge < -0.3 is 24.4 Å². The summed E-state index contributed by atoms with van der Waals surface area (Å²) in [4.78, 5) is 34.1. The van der Waals surface area contributed by atoms with Gasteiger partial charge in [-0.3, -0.25) is 0 Å². The number of aliphatic hydroxyl groups excluding tert-OH is 1. The average Bonchev–Trinajstić information content (AvgIpc) is 2.53. The highest BCUT2D eigenvalue weighted by Crippen LogP contribution is 2.24. The number of esters is 3. The van der Waals surface area contributed by atoms with Crippen LogP contribution in [-0.2, 0) is 28.6 Å². The van der Waals surface area contributed by atoms with E-state index in [1.165, 1.54) is 0 Å². The number of hydrogen-bond donors (Lipinski definition) is 2. The van der Waals surface area contributed by atoms with Crippen LogP contribution in [0, 0.1) is 0 Å². The van der Waals surface area contributed by atoms with Crippen molar-refractivity contribution >= 4 is 17.9 Å². The van der Waals surface area contributed by atoms with Crippen LogP contribution in [-0.4, -0.2) is 46.8 Å². The van der Waals surface area contributed by atoms with E-state index in [1.807, 2.05) is 0 Å². The van der Waals surface area contributed by atoms with Crippen molar-refractivity contribution in [1.29, 1.82) is 0 Å². The number of aliphatic hydroxyl groups is 2. The lowest BCUT2D eigenvalue weighted by Gasteiger charge is -2.32. The van der Waals surface area contributed by atoms with E-state index < -0.39 is 30.0 Å². The minimum absolute atomic E-state index is 0.0640. The number of unbranched alkanes of at least 4 members (excludes halogenated alkanes) is 1. The van der Waals surface area contributed by atoms with Crippen LogP contribution >= 0.6 is 0 Å². The predicted octanol–water partition coefficient (Wildman–Crippen LogP) is 0.351. The summed E-state index contributed by atoms with van der Waals surface area (Å²) in [5.41, 5.74) is 0. The van der Waals surface area contributed by atoms with E-state index in [0.29, 0.717) is 6.42 Å². The van der Waals surface area contributed by atoms with Crippen LogP contribution in [0.25, 0.3) is 0 Å². The van der Waals surface area contributed by atoms with Crippen LogP contribution < -0.4 is 0 Å². The van der Waals surface area contributed by atoms with E-state index in [1.54, 1.807) is 0 Å². The Morgan fingerprint density at radius 1 is 0.957 bits per heavy atom. The monoisotopic (exact) mass is 328 g/mol. The molecular formula is C15H20O8. The van der Waals surface area contributed by atoms with E-state index in [4.69, 9.17) is 9.84 Å². The molecule has 0 aromatic rings. The third kappa shape index (κ3) is 7.39. The number of carbonyl (C=O) groups excluding carboxylic acids is 3. The van der Waals surface area contributed by atoms with Crippen molar-refractivity contribution in [2.24, 2.45) is 0 Å². The fourth-order valence-corrected chi connectivity index (χ4v) is 1.47. The zero-order chi connectivity index (χ0) is 17.9. The molecule has 2 N–H and O–H groups in total. The maximum Gasteiger partial charge on any atom is 0.413 e. The van der Waals surface area contributed by atoms with Gasteiger partial charge in [0.2, 0.25) is 6.10 Å². The predicted molar refractivity (Wildman–Crippen MR) is 78.5 cm³/mol. The van der Waals surface area contributed by atoms with Gasteiger partial charge in [0.05, 0.1) is 0 Å². The molecule has 8 heteroatoms. The maximum absolute atomic E-state index is 11.4. The highest BCUT2D eigenvalue weighted by atomic mass is 16.9. The molecule has 0 saturated heterocycles. The molecule has 0 bridgehead atoms. The van der Waals surface area contributed by atoms with Crippen LogP contribution in [0.1, 0.15) is 19.3 Å². The molecule has 0 aromatic carbocycles. The Bertz CT molecular complexity index is 446. The molecule has 0 aliphatic heterocycles. The van der Waals surface area contributed by atoms with E-state index in [2.05, 4.69) is 29.2 Å².